The standard InChI is InChI=1S/C26H33N5O2S/c1-19-8-5-6-10-23(19)25-27-28-26(30(25)4)34-18-24(32)31(17-22-9-7-15-33-22)16-20-11-13-21(14-12-20)29(2)3/h5-6,8,10-14,22H,7,9,15-18H2,1-4H3. The zero-order valence-corrected chi connectivity index (χ0v) is 21.2. The lowest BCUT2D eigenvalue weighted by atomic mass is 10.1. The van der Waals surface area contributed by atoms with Crippen LogP contribution in [0.3, 0.4) is 0 Å². The monoisotopic (exact) mass is 479 g/mol. The summed E-state index contributed by atoms with van der Waals surface area (Å²) in [6.45, 7) is 4.02. The molecule has 2 heterocycles. The van der Waals surface area contributed by atoms with E-state index in [1.807, 2.05) is 48.8 Å². The lowest BCUT2D eigenvalue weighted by Gasteiger charge is -2.26. The van der Waals surface area contributed by atoms with Gasteiger partial charge in [0, 0.05) is 52.1 Å². The van der Waals surface area contributed by atoms with E-state index < -0.39 is 0 Å². The molecule has 0 aliphatic carbocycles. The summed E-state index contributed by atoms with van der Waals surface area (Å²) in [5, 5.41) is 9.48. The van der Waals surface area contributed by atoms with Gasteiger partial charge in [0.25, 0.3) is 0 Å². The Kier molecular flexibility index (Phi) is 7.90. The molecular formula is C26H33N5O2S. The second-order valence-corrected chi connectivity index (χ2v) is 9.88. The Hall–Kier alpha value is -2.84. The first-order valence-corrected chi connectivity index (χ1v) is 12.6. The van der Waals surface area contributed by atoms with Gasteiger partial charge in [-0.15, -0.1) is 10.2 Å². The van der Waals surface area contributed by atoms with Crippen LogP contribution >= 0.6 is 11.8 Å². The number of rotatable bonds is 9. The van der Waals surface area contributed by atoms with Crippen molar-refractivity contribution in [2.75, 3.05) is 37.9 Å². The molecule has 1 unspecified atom stereocenters. The van der Waals surface area contributed by atoms with E-state index in [0.717, 1.165) is 52.8 Å². The van der Waals surface area contributed by atoms with Crippen molar-refractivity contribution in [3.05, 3.63) is 59.7 Å². The number of amides is 1. The fourth-order valence-electron chi connectivity index (χ4n) is 4.13. The van der Waals surface area contributed by atoms with E-state index in [9.17, 15) is 4.79 Å². The molecule has 0 saturated carbocycles. The van der Waals surface area contributed by atoms with Gasteiger partial charge in [0.05, 0.1) is 11.9 Å². The quantitative estimate of drug-likeness (QED) is 0.430. The number of hydrogen-bond acceptors (Lipinski definition) is 6. The number of thioether (sulfide) groups is 1. The molecule has 0 bridgehead atoms. The summed E-state index contributed by atoms with van der Waals surface area (Å²) in [7, 11) is 6.00. The summed E-state index contributed by atoms with van der Waals surface area (Å²) in [5.41, 5.74) is 4.45. The van der Waals surface area contributed by atoms with Crippen LogP contribution in [0.1, 0.15) is 24.0 Å². The van der Waals surface area contributed by atoms with Crippen LogP contribution in [0.2, 0.25) is 0 Å². The molecule has 0 radical (unpaired) electrons. The van der Waals surface area contributed by atoms with E-state index in [1.165, 1.54) is 11.8 Å². The van der Waals surface area contributed by atoms with Crippen LogP contribution in [-0.2, 0) is 23.1 Å². The van der Waals surface area contributed by atoms with Gasteiger partial charge in [-0.25, -0.2) is 0 Å². The Labute approximate surface area is 206 Å². The highest BCUT2D eigenvalue weighted by Crippen LogP contribution is 2.26. The van der Waals surface area contributed by atoms with Gasteiger partial charge < -0.3 is 19.1 Å². The number of nitrogens with zero attached hydrogens (tertiary/aromatic N) is 5. The highest BCUT2D eigenvalue weighted by molar-refractivity contribution is 7.99. The van der Waals surface area contributed by atoms with Crippen LogP contribution in [0, 0.1) is 6.92 Å². The predicted molar refractivity (Wildman–Crippen MR) is 137 cm³/mol. The summed E-state index contributed by atoms with van der Waals surface area (Å²) in [6.07, 6.45) is 2.16. The van der Waals surface area contributed by atoms with Crippen LogP contribution in [0.5, 0.6) is 0 Å². The van der Waals surface area contributed by atoms with E-state index in [2.05, 4.69) is 52.4 Å². The third-order valence-electron chi connectivity index (χ3n) is 6.17. The number of carbonyl (C=O) groups is 1. The molecule has 1 aliphatic rings. The Morgan fingerprint density at radius 2 is 1.91 bits per heavy atom. The average molecular weight is 480 g/mol. The number of carbonyl (C=O) groups excluding carboxylic acids is 1. The van der Waals surface area contributed by atoms with Crippen molar-refractivity contribution in [1.82, 2.24) is 19.7 Å². The fraction of sp³-hybridized carbons (Fsp3) is 0.423. The van der Waals surface area contributed by atoms with Crippen molar-refractivity contribution in [3.8, 4) is 11.4 Å². The molecule has 2 aromatic carbocycles. The van der Waals surface area contributed by atoms with Gasteiger partial charge in [0.2, 0.25) is 5.91 Å². The minimum atomic E-state index is 0.0811. The SMILES string of the molecule is Cc1ccccc1-c1nnc(SCC(=O)N(Cc2ccc(N(C)C)cc2)CC2CCCO2)n1C. The molecular weight excluding hydrogens is 446 g/mol. The number of benzene rings is 2. The average Bonchev–Trinajstić information content (AvgIpc) is 3.47. The summed E-state index contributed by atoms with van der Waals surface area (Å²) < 4.78 is 7.80. The van der Waals surface area contributed by atoms with Crippen LogP contribution in [0.25, 0.3) is 11.4 Å². The maximum absolute atomic E-state index is 13.3. The molecule has 7 nitrogen and oxygen atoms in total. The molecule has 4 rings (SSSR count). The first-order valence-electron chi connectivity index (χ1n) is 11.7. The number of anilines is 1. The van der Waals surface area contributed by atoms with Crippen molar-refractivity contribution in [2.24, 2.45) is 7.05 Å². The molecule has 3 aromatic rings. The number of hydrogen-bond donors (Lipinski definition) is 0. The molecule has 0 spiro atoms. The second kappa shape index (κ2) is 11.1. The van der Waals surface area contributed by atoms with Crippen LogP contribution in [-0.4, -0.2) is 64.7 Å². The first-order chi connectivity index (χ1) is 16.4. The van der Waals surface area contributed by atoms with Crippen molar-refractivity contribution in [1.29, 1.82) is 0 Å². The molecule has 8 heteroatoms. The lowest BCUT2D eigenvalue weighted by Crippen LogP contribution is -2.38. The van der Waals surface area contributed by atoms with Crippen molar-refractivity contribution in [3.63, 3.8) is 0 Å². The summed E-state index contributed by atoms with van der Waals surface area (Å²) in [6, 6.07) is 16.5. The van der Waals surface area contributed by atoms with Gasteiger partial charge in [0.1, 0.15) is 0 Å². The lowest BCUT2D eigenvalue weighted by molar-refractivity contribution is -0.130. The van der Waals surface area contributed by atoms with Gasteiger partial charge in [-0.2, -0.15) is 0 Å². The third-order valence-corrected chi connectivity index (χ3v) is 7.18. The summed E-state index contributed by atoms with van der Waals surface area (Å²) >= 11 is 1.43. The summed E-state index contributed by atoms with van der Waals surface area (Å²) in [5.74, 6) is 1.20. The molecule has 180 valence electrons. The fourth-order valence-corrected chi connectivity index (χ4v) is 4.94. The third kappa shape index (κ3) is 5.80. The van der Waals surface area contributed by atoms with Crippen molar-refractivity contribution in [2.45, 2.75) is 37.6 Å². The molecule has 0 N–H and O–H groups in total. The second-order valence-electron chi connectivity index (χ2n) is 8.94. The van der Waals surface area contributed by atoms with Gasteiger partial charge in [-0.1, -0.05) is 48.2 Å². The molecule has 1 amide bonds. The van der Waals surface area contributed by atoms with Gasteiger partial charge in [-0.05, 0) is 43.0 Å². The van der Waals surface area contributed by atoms with E-state index in [1.54, 1.807) is 0 Å². The van der Waals surface area contributed by atoms with Crippen molar-refractivity contribution >= 4 is 23.4 Å². The number of ether oxygens (including phenoxy) is 1. The molecule has 1 atom stereocenters. The Morgan fingerprint density at radius 3 is 2.59 bits per heavy atom. The van der Waals surface area contributed by atoms with Gasteiger partial charge in [-0.3, -0.25) is 4.79 Å². The maximum atomic E-state index is 13.3. The van der Waals surface area contributed by atoms with Gasteiger partial charge >= 0.3 is 0 Å². The minimum absolute atomic E-state index is 0.0811. The van der Waals surface area contributed by atoms with Crippen LogP contribution < -0.4 is 4.90 Å². The molecule has 1 aliphatic heterocycles. The number of aryl methyl sites for hydroxylation is 1. The van der Waals surface area contributed by atoms with Crippen LogP contribution in [0.4, 0.5) is 5.69 Å². The van der Waals surface area contributed by atoms with E-state index in [-0.39, 0.29) is 12.0 Å². The van der Waals surface area contributed by atoms with Crippen LogP contribution in [0.15, 0.2) is 53.7 Å². The Bertz CT molecular complexity index is 1110. The van der Waals surface area contributed by atoms with Gasteiger partial charge in [0.15, 0.2) is 11.0 Å². The van der Waals surface area contributed by atoms with Crippen molar-refractivity contribution < 1.29 is 9.53 Å². The molecule has 1 aromatic heterocycles. The normalized spacial score (nSPS) is 15.5. The Morgan fingerprint density at radius 1 is 1.15 bits per heavy atom. The molecule has 1 fully saturated rings. The molecule has 1 saturated heterocycles. The smallest absolute Gasteiger partial charge is 0.233 e. The predicted octanol–water partition coefficient (Wildman–Crippen LogP) is 4.16. The van der Waals surface area contributed by atoms with E-state index >= 15 is 0 Å². The highest BCUT2D eigenvalue weighted by atomic mass is 32.2. The first kappa shape index (κ1) is 24.3. The molecule has 34 heavy (non-hydrogen) atoms. The van der Waals surface area contributed by atoms with E-state index in [0.29, 0.717) is 18.8 Å². The zero-order valence-electron chi connectivity index (χ0n) is 20.4. The minimum Gasteiger partial charge on any atom is -0.378 e. The maximum Gasteiger partial charge on any atom is 0.233 e. The highest BCUT2D eigenvalue weighted by Gasteiger charge is 2.24. The Balaban J connectivity index is 1.44. The zero-order chi connectivity index (χ0) is 24.1. The summed E-state index contributed by atoms with van der Waals surface area (Å²) in [4.78, 5) is 17.3. The number of aromatic nitrogens is 3. The topological polar surface area (TPSA) is 63.5 Å². The largest absolute Gasteiger partial charge is 0.378 e. The van der Waals surface area contributed by atoms with E-state index in [4.69, 9.17) is 4.74 Å².